The average molecular weight is 273 g/mol. The average Bonchev–Trinajstić information content (AvgIpc) is 2.56. The van der Waals surface area contributed by atoms with Gasteiger partial charge >= 0.3 is 12.0 Å². The zero-order chi connectivity index (χ0) is 13.1. The fourth-order valence-electron chi connectivity index (χ4n) is 2.32. The Hall–Kier alpha value is -0.950. The van der Waals surface area contributed by atoms with Gasteiger partial charge in [-0.1, -0.05) is 0 Å². The van der Waals surface area contributed by atoms with Crippen molar-refractivity contribution in [3.05, 3.63) is 0 Å². The van der Waals surface area contributed by atoms with Crippen LogP contribution in [0.2, 0.25) is 0 Å². The molecule has 0 bridgehead atoms. The Kier molecular flexibility index (Phi) is 4.34. The molecule has 0 aromatic rings. The number of nitrogens with zero attached hydrogens (tertiary/aromatic N) is 2. The number of nitrogens with one attached hydrogen (secondary N) is 1. The van der Waals surface area contributed by atoms with Gasteiger partial charge in [0.1, 0.15) is 6.04 Å². The summed E-state index contributed by atoms with van der Waals surface area (Å²) in [4.78, 5) is 26.9. The molecule has 2 unspecified atom stereocenters. The van der Waals surface area contributed by atoms with E-state index in [2.05, 4.69) is 5.32 Å². The molecule has 2 saturated heterocycles. The number of thioether (sulfide) groups is 1. The summed E-state index contributed by atoms with van der Waals surface area (Å²) in [5, 5.41) is 12.3. The molecule has 0 spiro atoms. The van der Waals surface area contributed by atoms with E-state index in [1.807, 2.05) is 6.92 Å². The number of urea groups is 1. The van der Waals surface area contributed by atoms with Gasteiger partial charge in [0.15, 0.2) is 0 Å². The first-order valence-corrected chi connectivity index (χ1v) is 7.28. The lowest BCUT2D eigenvalue weighted by Crippen LogP contribution is -2.51. The van der Waals surface area contributed by atoms with Crippen molar-refractivity contribution in [1.29, 1.82) is 0 Å². The summed E-state index contributed by atoms with van der Waals surface area (Å²) in [6, 6.07) is -0.822. The molecule has 2 atom stereocenters. The van der Waals surface area contributed by atoms with E-state index in [1.165, 1.54) is 16.7 Å². The normalized spacial score (nSPS) is 29.2. The van der Waals surface area contributed by atoms with Gasteiger partial charge < -0.3 is 15.3 Å². The predicted octanol–water partition coefficient (Wildman–Crippen LogP) is 0.250. The van der Waals surface area contributed by atoms with Crippen molar-refractivity contribution >= 4 is 23.8 Å². The van der Waals surface area contributed by atoms with Gasteiger partial charge in [-0.05, 0) is 19.9 Å². The summed E-state index contributed by atoms with van der Waals surface area (Å²) in [6.07, 6.45) is 0.916. The number of hydrogen-bond acceptors (Lipinski definition) is 4. The summed E-state index contributed by atoms with van der Waals surface area (Å²) < 4.78 is 0. The van der Waals surface area contributed by atoms with Crippen LogP contribution in [-0.4, -0.2) is 70.3 Å². The topological polar surface area (TPSA) is 72.9 Å². The van der Waals surface area contributed by atoms with Gasteiger partial charge in [-0.3, -0.25) is 4.90 Å². The van der Waals surface area contributed by atoms with E-state index in [1.54, 1.807) is 4.90 Å². The Bertz CT molecular complexity index is 331. The van der Waals surface area contributed by atoms with Crippen LogP contribution < -0.4 is 5.32 Å². The number of amides is 2. The van der Waals surface area contributed by atoms with E-state index < -0.39 is 12.0 Å². The number of carboxylic acids is 1. The van der Waals surface area contributed by atoms with Crippen LogP contribution in [0.3, 0.4) is 0 Å². The third-order valence-corrected chi connectivity index (χ3v) is 4.56. The molecule has 2 rings (SSSR count). The van der Waals surface area contributed by atoms with Gasteiger partial charge in [0.2, 0.25) is 0 Å². The van der Waals surface area contributed by atoms with Gasteiger partial charge in [-0.2, -0.15) is 0 Å². The van der Waals surface area contributed by atoms with Crippen molar-refractivity contribution in [1.82, 2.24) is 15.1 Å². The molecule has 7 heteroatoms. The summed E-state index contributed by atoms with van der Waals surface area (Å²) >= 11 is 1.52. The molecule has 2 N–H and O–H groups in total. The van der Waals surface area contributed by atoms with Crippen molar-refractivity contribution in [3.63, 3.8) is 0 Å². The Morgan fingerprint density at radius 1 is 1.33 bits per heavy atom. The van der Waals surface area contributed by atoms with Crippen LogP contribution in [0, 0.1) is 0 Å². The second-order valence-electron chi connectivity index (χ2n) is 4.57. The molecule has 2 aliphatic rings. The fourth-order valence-corrected chi connectivity index (χ4v) is 3.49. The monoisotopic (exact) mass is 273 g/mol. The van der Waals surface area contributed by atoms with Crippen LogP contribution in [-0.2, 0) is 4.79 Å². The van der Waals surface area contributed by atoms with Gasteiger partial charge in [0.25, 0.3) is 0 Å². The molecule has 0 aromatic heterocycles. The van der Waals surface area contributed by atoms with E-state index >= 15 is 0 Å². The molecule has 6 nitrogen and oxygen atoms in total. The first-order chi connectivity index (χ1) is 8.61. The van der Waals surface area contributed by atoms with Crippen LogP contribution in [0.4, 0.5) is 4.79 Å². The van der Waals surface area contributed by atoms with Crippen LogP contribution >= 0.6 is 11.8 Å². The van der Waals surface area contributed by atoms with Crippen LogP contribution in [0.25, 0.3) is 0 Å². The smallest absolute Gasteiger partial charge is 0.327 e. The highest BCUT2D eigenvalue weighted by molar-refractivity contribution is 8.00. The first-order valence-electron chi connectivity index (χ1n) is 6.23. The summed E-state index contributed by atoms with van der Waals surface area (Å²) in [5.74, 6) is -0.429. The van der Waals surface area contributed by atoms with E-state index in [9.17, 15) is 9.59 Å². The van der Waals surface area contributed by atoms with Crippen molar-refractivity contribution in [2.24, 2.45) is 0 Å². The summed E-state index contributed by atoms with van der Waals surface area (Å²) in [6.45, 7) is 4.93. The summed E-state index contributed by atoms with van der Waals surface area (Å²) in [7, 11) is 0. The quantitative estimate of drug-likeness (QED) is 0.716. The molecule has 0 radical (unpaired) electrons. The molecule has 2 heterocycles. The molecule has 2 fully saturated rings. The van der Waals surface area contributed by atoms with E-state index in [0.717, 1.165) is 19.5 Å². The zero-order valence-corrected chi connectivity index (χ0v) is 11.3. The van der Waals surface area contributed by atoms with Gasteiger partial charge in [0.05, 0.1) is 5.37 Å². The summed E-state index contributed by atoms with van der Waals surface area (Å²) in [5.41, 5.74) is 0. The zero-order valence-electron chi connectivity index (χ0n) is 10.5. The van der Waals surface area contributed by atoms with Gasteiger partial charge in [-0.15, -0.1) is 11.8 Å². The molecular formula is C11H19N3O3S. The maximum absolute atomic E-state index is 12.4. The molecule has 0 aliphatic carbocycles. The number of carbonyl (C=O) groups excluding carboxylic acids is 1. The molecule has 2 amide bonds. The van der Waals surface area contributed by atoms with E-state index in [-0.39, 0.29) is 11.4 Å². The third kappa shape index (κ3) is 2.72. The van der Waals surface area contributed by atoms with Crippen molar-refractivity contribution in [3.8, 4) is 0 Å². The van der Waals surface area contributed by atoms with E-state index in [0.29, 0.717) is 18.8 Å². The fraction of sp³-hybridized carbons (Fsp3) is 0.818. The van der Waals surface area contributed by atoms with Crippen molar-refractivity contribution < 1.29 is 14.7 Å². The largest absolute Gasteiger partial charge is 0.480 e. The van der Waals surface area contributed by atoms with Crippen molar-refractivity contribution in [2.75, 3.05) is 31.9 Å². The van der Waals surface area contributed by atoms with Crippen molar-refractivity contribution in [2.45, 2.75) is 24.8 Å². The second-order valence-corrected chi connectivity index (χ2v) is 5.92. The number of hydrogen-bond donors (Lipinski definition) is 2. The number of aliphatic carboxylic acids is 1. The Morgan fingerprint density at radius 3 is 2.83 bits per heavy atom. The molecule has 0 saturated carbocycles. The number of carbonyl (C=O) groups is 2. The minimum atomic E-state index is -0.909. The Balaban J connectivity index is 2.07. The highest BCUT2D eigenvalue weighted by Crippen LogP contribution is 2.29. The van der Waals surface area contributed by atoms with Crippen LogP contribution in [0.15, 0.2) is 0 Å². The highest BCUT2D eigenvalue weighted by atomic mass is 32.2. The molecule has 18 heavy (non-hydrogen) atoms. The lowest BCUT2D eigenvalue weighted by molar-refractivity contribution is -0.141. The Morgan fingerprint density at radius 2 is 2.11 bits per heavy atom. The minimum Gasteiger partial charge on any atom is -0.480 e. The maximum Gasteiger partial charge on any atom is 0.327 e. The maximum atomic E-state index is 12.4. The SMILES string of the molecule is CC1SCC(C(=O)O)N1C(=O)N1CCCNCC1. The lowest BCUT2D eigenvalue weighted by atomic mass is 10.3. The minimum absolute atomic E-state index is 0.0604. The lowest BCUT2D eigenvalue weighted by Gasteiger charge is -2.31. The third-order valence-electron chi connectivity index (χ3n) is 3.34. The highest BCUT2D eigenvalue weighted by Gasteiger charge is 2.41. The van der Waals surface area contributed by atoms with Gasteiger partial charge in [-0.25, -0.2) is 9.59 Å². The number of rotatable bonds is 1. The first kappa shape index (κ1) is 13.5. The Labute approximate surface area is 111 Å². The molecule has 102 valence electrons. The second kappa shape index (κ2) is 5.79. The van der Waals surface area contributed by atoms with E-state index in [4.69, 9.17) is 5.11 Å². The number of carboxylic acid groups (broad SMARTS) is 1. The van der Waals surface area contributed by atoms with Gasteiger partial charge in [0, 0.05) is 25.4 Å². The molecule has 0 aromatic carbocycles. The molecule has 2 aliphatic heterocycles. The standard InChI is InChI=1S/C11H19N3O3S/c1-8-14(9(7-18-8)10(15)16)11(17)13-5-2-3-12-4-6-13/h8-9,12H,2-7H2,1H3,(H,15,16). The predicted molar refractivity (Wildman–Crippen MR) is 69.6 cm³/mol. The van der Waals surface area contributed by atoms with Crippen LogP contribution in [0.5, 0.6) is 0 Å². The van der Waals surface area contributed by atoms with Crippen LogP contribution in [0.1, 0.15) is 13.3 Å². The molecular weight excluding hydrogens is 254 g/mol.